The molecule has 0 unspecified atom stereocenters. The van der Waals surface area contributed by atoms with Crippen LogP contribution in [0.25, 0.3) is 11.4 Å². The predicted molar refractivity (Wildman–Crippen MR) is 92.2 cm³/mol. The van der Waals surface area contributed by atoms with Crippen molar-refractivity contribution >= 4 is 5.91 Å². The largest absolute Gasteiger partial charge is 0.344 e. The van der Waals surface area contributed by atoms with Crippen molar-refractivity contribution in [2.45, 2.75) is 52.5 Å². The number of carbonyl (C=O) groups excluding carboxylic acids is 1. The standard InChI is InChI=1S/C19H25N3O2/c1-12(2)16(20-18(23)14-8-4-5-9-14)19-21-17(22-24-19)15-10-6-7-13(3)11-15/h6-7,10-12,14,16H,4-5,8-9H2,1-3H3,(H,20,23)/t16-/m1/s1. The summed E-state index contributed by atoms with van der Waals surface area (Å²) in [6.45, 7) is 6.13. The van der Waals surface area contributed by atoms with Crippen LogP contribution < -0.4 is 5.32 Å². The Morgan fingerprint density at radius 1 is 1.29 bits per heavy atom. The van der Waals surface area contributed by atoms with Crippen LogP contribution in [0.2, 0.25) is 0 Å². The summed E-state index contributed by atoms with van der Waals surface area (Å²) in [4.78, 5) is 17.0. The summed E-state index contributed by atoms with van der Waals surface area (Å²) < 4.78 is 5.47. The second-order valence-corrected chi connectivity index (χ2v) is 7.04. The number of benzene rings is 1. The van der Waals surface area contributed by atoms with E-state index in [9.17, 15) is 4.79 Å². The van der Waals surface area contributed by atoms with Crippen LogP contribution >= 0.6 is 0 Å². The van der Waals surface area contributed by atoms with Crippen LogP contribution in [0.3, 0.4) is 0 Å². The molecule has 0 radical (unpaired) electrons. The topological polar surface area (TPSA) is 68.0 Å². The second-order valence-electron chi connectivity index (χ2n) is 7.04. The maximum Gasteiger partial charge on any atom is 0.249 e. The molecule has 0 aliphatic heterocycles. The Hall–Kier alpha value is -2.17. The third-order valence-electron chi connectivity index (χ3n) is 4.67. The van der Waals surface area contributed by atoms with E-state index in [0.29, 0.717) is 11.7 Å². The lowest BCUT2D eigenvalue weighted by Gasteiger charge is -2.20. The molecule has 1 heterocycles. The first-order valence-corrected chi connectivity index (χ1v) is 8.75. The van der Waals surface area contributed by atoms with E-state index in [0.717, 1.165) is 36.8 Å². The average molecular weight is 327 g/mol. The van der Waals surface area contributed by atoms with E-state index >= 15 is 0 Å². The van der Waals surface area contributed by atoms with Crippen LogP contribution in [0.1, 0.15) is 57.0 Å². The third-order valence-corrected chi connectivity index (χ3v) is 4.67. The van der Waals surface area contributed by atoms with Gasteiger partial charge in [-0.05, 0) is 31.7 Å². The number of rotatable bonds is 5. The van der Waals surface area contributed by atoms with Gasteiger partial charge in [0, 0.05) is 11.5 Å². The highest BCUT2D eigenvalue weighted by Gasteiger charge is 2.29. The molecule has 1 amide bonds. The van der Waals surface area contributed by atoms with E-state index in [-0.39, 0.29) is 23.8 Å². The number of aromatic nitrogens is 2. The molecular weight excluding hydrogens is 302 g/mol. The molecule has 1 atom stereocenters. The highest BCUT2D eigenvalue weighted by atomic mass is 16.5. The summed E-state index contributed by atoms with van der Waals surface area (Å²) >= 11 is 0. The van der Waals surface area contributed by atoms with Crippen LogP contribution in [-0.2, 0) is 4.79 Å². The summed E-state index contributed by atoms with van der Waals surface area (Å²) in [6.07, 6.45) is 4.25. The van der Waals surface area contributed by atoms with Crippen molar-refractivity contribution in [3.8, 4) is 11.4 Å². The Kier molecular flexibility index (Phi) is 4.97. The highest BCUT2D eigenvalue weighted by Crippen LogP contribution is 2.28. The number of nitrogens with zero attached hydrogens (tertiary/aromatic N) is 2. The smallest absolute Gasteiger partial charge is 0.249 e. The van der Waals surface area contributed by atoms with E-state index in [2.05, 4.69) is 29.3 Å². The van der Waals surface area contributed by atoms with E-state index in [1.807, 2.05) is 31.2 Å². The van der Waals surface area contributed by atoms with Gasteiger partial charge >= 0.3 is 0 Å². The Balaban J connectivity index is 1.78. The molecule has 1 saturated carbocycles. The van der Waals surface area contributed by atoms with E-state index in [1.165, 1.54) is 0 Å². The van der Waals surface area contributed by atoms with Crippen molar-refractivity contribution in [1.29, 1.82) is 0 Å². The Labute approximate surface area is 142 Å². The summed E-state index contributed by atoms with van der Waals surface area (Å²) in [7, 11) is 0. The lowest BCUT2D eigenvalue weighted by Crippen LogP contribution is -2.35. The van der Waals surface area contributed by atoms with Gasteiger partial charge in [0.15, 0.2) is 0 Å². The van der Waals surface area contributed by atoms with Gasteiger partial charge in [0.05, 0.1) is 0 Å². The molecule has 1 aromatic carbocycles. The first kappa shape index (κ1) is 16.7. The van der Waals surface area contributed by atoms with Crippen molar-refractivity contribution < 1.29 is 9.32 Å². The molecule has 5 heteroatoms. The Morgan fingerprint density at radius 3 is 2.71 bits per heavy atom. The molecule has 2 aromatic rings. The summed E-state index contributed by atoms with van der Waals surface area (Å²) in [5.74, 6) is 1.47. The molecule has 1 aromatic heterocycles. The molecule has 1 N–H and O–H groups in total. The molecule has 5 nitrogen and oxygen atoms in total. The molecule has 128 valence electrons. The van der Waals surface area contributed by atoms with Gasteiger partial charge in [0.1, 0.15) is 6.04 Å². The molecule has 1 aliphatic rings. The van der Waals surface area contributed by atoms with Crippen molar-refractivity contribution in [2.75, 3.05) is 0 Å². The number of aryl methyl sites for hydroxylation is 1. The first-order valence-electron chi connectivity index (χ1n) is 8.75. The van der Waals surface area contributed by atoms with Gasteiger partial charge in [-0.15, -0.1) is 0 Å². The van der Waals surface area contributed by atoms with Crippen LogP contribution in [0, 0.1) is 18.8 Å². The van der Waals surface area contributed by atoms with Gasteiger partial charge in [-0.25, -0.2) is 0 Å². The van der Waals surface area contributed by atoms with Crippen molar-refractivity contribution in [1.82, 2.24) is 15.5 Å². The zero-order valence-electron chi connectivity index (χ0n) is 14.6. The third kappa shape index (κ3) is 3.66. The molecule has 24 heavy (non-hydrogen) atoms. The van der Waals surface area contributed by atoms with Crippen molar-refractivity contribution in [3.63, 3.8) is 0 Å². The molecular formula is C19H25N3O2. The van der Waals surface area contributed by atoms with Gasteiger partial charge in [-0.3, -0.25) is 4.79 Å². The molecule has 1 aliphatic carbocycles. The minimum absolute atomic E-state index is 0.113. The van der Waals surface area contributed by atoms with Gasteiger partial charge < -0.3 is 9.84 Å². The summed E-state index contributed by atoms with van der Waals surface area (Å²) in [6, 6.07) is 7.74. The van der Waals surface area contributed by atoms with Crippen molar-refractivity contribution in [3.05, 3.63) is 35.7 Å². The second kappa shape index (κ2) is 7.16. The minimum atomic E-state index is -0.246. The van der Waals surface area contributed by atoms with Gasteiger partial charge in [0.25, 0.3) is 0 Å². The van der Waals surface area contributed by atoms with Crippen LogP contribution in [0.4, 0.5) is 0 Å². The minimum Gasteiger partial charge on any atom is -0.344 e. The fourth-order valence-corrected chi connectivity index (χ4v) is 3.24. The Morgan fingerprint density at radius 2 is 2.04 bits per heavy atom. The predicted octanol–water partition coefficient (Wildman–Crippen LogP) is 4.05. The number of hydrogen-bond acceptors (Lipinski definition) is 4. The molecule has 0 bridgehead atoms. The monoisotopic (exact) mass is 327 g/mol. The van der Waals surface area contributed by atoms with Gasteiger partial charge in [-0.2, -0.15) is 4.98 Å². The van der Waals surface area contributed by atoms with E-state index in [1.54, 1.807) is 0 Å². The van der Waals surface area contributed by atoms with Crippen LogP contribution in [-0.4, -0.2) is 16.0 Å². The zero-order chi connectivity index (χ0) is 17.1. The maximum atomic E-state index is 12.5. The number of amides is 1. The number of carbonyl (C=O) groups is 1. The van der Waals surface area contributed by atoms with Gasteiger partial charge in [-0.1, -0.05) is 55.6 Å². The number of hydrogen-bond donors (Lipinski definition) is 1. The van der Waals surface area contributed by atoms with Crippen LogP contribution in [0.15, 0.2) is 28.8 Å². The fourth-order valence-electron chi connectivity index (χ4n) is 3.24. The van der Waals surface area contributed by atoms with E-state index in [4.69, 9.17) is 4.52 Å². The Bertz CT molecular complexity index is 702. The molecule has 0 saturated heterocycles. The molecule has 0 spiro atoms. The molecule has 1 fully saturated rings. The molecule has 3 rings (SSSR count). The van der Waals surface area contributed by atoms with Gasteiger partial charge in [0.2, 0.25) is 17.6 Å². The SMILES string of the molecule is Cc1cccc(-c2noc([C@H](NC(=O)C3CCCC3)C(C)C)n2)c1. The average Bonchev–Trinajstić information content (AvgIpc) is 3.23. The first-order chi connectivity index (χ1) is 11.5. The number of nitrogens with one attached hydrogen (secondary N) is 1. The fraction of sp³-hybridized carbons (Fsp3) is 0.526. The zero-order valence-corrected chi connectivity index (χ0v) is 14.6. The highest BCUT2D eigenvalue weighted by molar-refractivity contribution is 5.79. The quantitative estimate of drug-likeness (QED) is 0.899. The van der Waals surface area contributed by atoms with Crippen molar-refractivity contribution in [2.24, 2.45) is 11.8 Å². The lowest BCUT2D eigenvalue weighted by molar-refractivity contribution is -0.126. The summed E-state index contributed by atoms with van der Waals surface area (Å²) in [5, 5.41) is 7.21. The summed E-state index contributed by atoms with van der Waals surface area (Å²) in [5.41, 5.74) is 2.07. The van der Waals surface area contributed by atoms with Crippen LogP contribution in [0.5, 0.6) is 0 Å². The van der Waals surface area contributed by atoms with E-state index < -0.39 is 0 Å². The maximum absolute atomic E-state index is 12.5. The normalized spacial score (nSPS) is 16.5. The lowest BCUT2D eigenvalue weighted by atomic mass is 10.0.